The lowest BCUT2D eigenvalue weighted by Crippen LogP contribution is -2.46. The van der Waals surface area contributed by atoms with Crippen molar-refractivity contribution in [1.29, 1.82) is 0 Å². The quantitative estimate of drug-likeness (QED) is 0.793. The van der Waals surface area contributed by atoms with Crippen LogP contribution in [0.4, 0.5) is 0 Å². The van der Waals surface area contributed by atoms with E-state index in [9.17, 15) is 8.42 Å². The zero-order chi connectivity index (χ0) is 14.3. The lowest BCUT2D eigenvalue weighted by atomic mass is 10.2. The maximum absolute atomic E-state index is 12.7. The number of halogens is 1. The average Bonchev–Trinajstić information content (AvgIpc) is 2.70. The first-order chi connectivity index (χ1) is 8.76. The number of sulfonamides is 1. The van der Waals surface area contributed by atoms with E-state index in [4.69, 9.17) is 11.6 Å². The maximum Gasteiger partial charge on any atom is 0.244 e. The van der Waals surface area contributed by atoms with Gasteiger partial charge in [0.1, 0.15) is 0 Å². The molecule has 0 spiro atoms. The number of thiophene rings is 1. The molecule has 0 radical (unpaired) electrons. The Balaban J connectivity index is 2.34. The van der Waals surface area contributed by atoms with Crippen molar-refractivity contribution in [3.63, 3.8) is 0 Å². The predicted octanol–water partition coefficient (Wildman–Crippen LogP) is 3.31. The molecule has 0 atom stereocenters. The van der Waals surface area contributed by atoms with E-state index in [-0.39, 0.29) is 4.75 Å². The van der Waals surface area contributed by atoms with E-state index in [1.54, 1.807) is 10.4 Å². The minimum atomic E-state index is -3.38. The Labute approximate surface area is 128 Å². The molecule has 2 heterocycles. The summed E-state index contributed by atoms with van der Waals surface area (Å²) in [6, 6.07) is 1.72. The van der Waals surface area contributed by atoms with Crippen LogP contribution in [0.2, 0.25) is 0 Å². The second kappa shape index (κ2) is 5.56. The standard InChI is InChI=1S/C12H18ClNO2S3/c1-9-11(6-10(7-13)18-9)19(15,16)14-4-5-17-12(2,3)8-14/h6H,4-5,7-8H2,1-3H3. The van der Waals surface area contributed by atoms with E-state index in [1.807, 2.05) is 18.7 Å². The summed E-state index contributed by atoms with van der Waals surface area (Å²) in [6.07, 6.45) is 0. The van der Waals surface area contributed by atoms with Crippen LogP contribution in [-0.4, -0.2) is 36.3 Å². The Morgan fingerprint density at radius 1 is 1.47 bits per heavy atom. The van der Waals surface area contributed by atoms with E-state index >= 15 is 0 Å². The van der Waals surface area contributed by atoms with Gasteiger partial charge in [0.05, 0.1) is 10.8 Å². The Bertz CT molecular complexity index is 566. The molecule has 1 aliphatic heterocycles. The summed E-state index contributed by atoms with van der Waals surface area (Å²) in [6.45, 7) is 7.17. The van der Waals surface area contributed by atoms with Gasteiger partial charge in [-0.05, 0) is 26.8 Å². The highest BCUT2D eigenvalue weighted by Gasteiger charge is 2.35. The summed E-state index contributed by atoms with van der Waals surface area (Å²) in [7, 11) is -3.38. The van der Waals surface area contributed by atoms with Gasteiger partial charge in [0.25, 0.3) is 0 Å². The van der Waals surface area contributed by atoms with Gasteiger partial charge in [-0.2, -0.15) is 16.1 Å². The third-order valence-corrected chi connectivity index (χ3v) is 7.96. The van der Waals surface area contributed by atoms with Gasteiger partial charge in [0.2, 0.25) is 10.0 Å². The average molecular weight is 340 g/mol. The van der Waals surface area contributed by atoms with Gasteiger partial charge < -0.3 is 0 Å². The fourth-order valence-corrected chi connectivity index (χ4v) is 6.77. The van der Waals surface area contributed by atoms with Crippen LogP contribution in [0.1, 0.15) is 23.6 Å². The van der Waals surface area contributed by atoms with Crippen LogP contribution in [0.3, 0.4) is 0 Å². The Kier molecular flexibility index (Phi) is 4.58. The van der Waals surface area contributed by atoms with Gasteiger partial charge in [-0.3, -0.25) is 0 Å². The number of hydrogen-bond donors (Lipinski definition) is 0. The molecule has 0 unspecified atom stereocenters. The van der Waals surface area contributed by atoms with E-state index in [0.717, 1.165) is 15.5 Å². The Morgan fingerprint density at radius 2 is 2.16 bits per heavy atom. The van der Waals surface area contributed by atoms with Gasteiger partial charge in [0.15, 0.2) is 0 Å². The van der Waals surface area contributed by atoms with Gasteiger partial charge in [-0.25, -0.2) is 8.42 Å². The molecule has 0 bridgehead atoms. The van der Waals surface area contributed by atoms with Gasteiger partial charge in [0, 0.05) is 33.3 Å². The smallest absolute Gasteiger partial charge is 0.207 e. The van der Waals surface area contributed by atoms with Crippen molar-refractivity contribution in [3.8, 4) is 0 Å². The molecule has 7 heteroatoms. The molecule has 19 heavy (non-hydrogen) atoms. The predicted molar refractivity (Wildman–Crippen MR) is 83.9 cm³/mol. The molecule has 0 aromatic carbocycles. The highest BCUT2D eigenvalue weighted by atomic mass is 35.5. The fraction of sp³-hybridized carbons (Fsp3) is 0.667. The summed E-state index contributed by atoms with van der Waals surface area (Å²) in [5, 5.41) is 0. The van der Waals surface area contributed by atoms with Crippen LogP contribution in [0.25, 0.3) is 0 Å². The number of nitrogens with zero attached hydrogens (tertiary/aromatic N) is 1. The second-order valence-electron chi connectivity index (χ2n) is 5.21. The molecule has 2 rings (SSSR count). The maximum atomic E-state index is 12.7. The van der Waals surface area contributed by atoms with Crippen LogP contribution < -0.4 is 0 Å². The highest BCUT2D eigenvalue weighted by molar-refractivity contribution is 8.00. The molecule has 1 aromatic rings. The normalized spacial score (nSPS) is 20.6. The summed E-state index contributed by atoms with van der Waals surface area (Å²) in [5.41, 5.74) is 0. The molecule has 1 aromatic heterocycles. The first kappa shape index (κ1) is 15.6. The monoisotopic (exact) mass is 339 g/mol. The van der Waals surface area contributed by atoms with Gasteiger partial charge in [-0.1, -0.05) is 0 Å². The molecule has 0 saturated carbocycles. The van der Waals surface area contributed by atoms with Crippen molar-refractivity contribution >= 4 is 44.7 Å². The minimum absolute atomic E-state index is 0.0233. The molecule has 1 aliphatic rings. The largest absolute Gasteiger partial charge is 0.244 e. The highest BCUT2D eigenvalue weighted by Crippen LogP contribution is 2.35. The summed E-state index contributed by atoms with van der Waals surface area (Å²) in [5.74, 6) is 1.21. The number of hydrogen-bond acceptors (Lipinski definition) is 4. The Morgan fingerprint density at radius 3 is 2.68 bits per heavy atom. The molecule has 0 aliphatic carbocycles. The fourth-order valence-electron chi connectivity index (χ4n) is 2.16. The summed E-state index contributed by atoms with van der Waals surface area (Å²) >= 11 is 9.08. The van der Waals surface area contributed by atoms with Crippen LogP contribution in [0.15, 0.2) is 11.0 Å². The van der Waals surface area contributed by atoms with Crippen LogP contribution in [0, 0.1) is 6.92 Å². The van der Waals surface area contributed by atoms with Gasteiger partial charge in [-0.15, -0.1) is 22.9 Å². The first-order valence-corrected chi connectivity index (χ1v) is 9.83. The first-order valence-electron chi connectivity index (χ1n) is 6.06. The van der Waals surface area contributed by atoms with E-state index < -0.39 is 10.0 Å². The third-order valence-electron chi connectivity index (χ3n) is 3.06. The Hall–Kier alpha value is 0.250. The number of thioether (sulfide) groups is 1. The number of aryl methyl sites for hydroxylation is 1. The van der Waals surface area contributed by atoms with Crippen molar-refractivity contribution in [2.24, 2.45) is 0 Å². The molecule has 1 saturated heterocycles. The second-order valence-corrected chi connectivity index (χ2v) is 10.5. The molecule has 0 N–H and O–H groups in total. The van der Waals surface area contributed by atoms with Crippen molar-refractivity contribution in [2.75, 3.05) is 18.8 Å². The van der Waals surface area contributed by atoms with E-state index in [0.29, 0.717) is 23.9 Å². The molecule has 0 amide bonds. The topological polar surface area (TPSA) is 37.4 Å². The summed E-state index contributed by atoms with van der Waals surface area (Å²) < 4.78 is 27.0. The van der Waals surface area contributed by atoms with Crippen LogP contribution in [0.5, 0.6) is 0 Å². The van der Waals surface area contributed by atoms with Crippen molar-refractivity contribution in [3.05, 3.63) is 15.8 Å². The van der Waals surface area contributed by atoms with Crippen LogP contribution in [-0.2, 0) is 15.9 Å². The summed E-state index contributed by atoms with van der Waals surface area (Å²) in [4.78, 5) is 2.16. The minimum Gasteiger partial charge on any atom is -0.207 e. The van der Waals surface area contributed by atoms with E-state index in [1.165, 1.54) is 11.3 Å². The van der Waals surface area contributed by atoms with Crippen molar-refractivity contribution in [1.82, 2.24) is 4.31 Å². The molecule has 3 nitrogen and oxygen atoms in total. The SMILES string of the molecule is Cc1sc(CCl)cc1S(=O)(=O)N1CCSC(C)(C)C1. The van der Waals surface area contributed by atoms with Gasteiger partial charge >= 0.3 is 0 Å². The molecule has 108 valence electrons. The van der Waals surface area contributed by atoms with Crippen molar-refractivity contribution in [2.45, 2.75) is 36.3 Å². The lowest BCUT2D eigenvalue weighted by Gasteiger charge is -2.36. The number of alkyl halides is 1. The zero-order valence-electron chi connectivity index (χ0n) is 11.3. The van der Waals surface area contributed by atoms with Crippen LogP contribution >= 0.6 is 34.7 Å². The molecule has 1 fully saturated rings. The van der Waals surface area contributed by atoms with E-state index in [2.05, 4.69) is 13.8 Å². The molecular formula is C12H18ClNO2S3. The lowest BCUT2D eigenvalue weighted by molar-refractivity contribution is 0.387. The molecular weight excluding hydrogens is 322 g/mol. The van der Waals surface area contributed by atoms with Crippen molar-refractivity contribution < 1.29 is 8.42 Å². The zero-order valence-corrected chi connectivity index (χ0v) is 14.5. The third kappa shape index (κ3) is 3.29. The number of rotatable bonds is 3.